The molecule has 0 atom stereocenters. The van der Waals surface area contributed by atoms with E-state index in [1.54, 1.807) is 19.6 Å². The molecule has 165 valence electrons. The second kappa shape index (κ2) is 14.9. The van der Waals surface area contributed by atoms with E-state index in [-0.39, 0.29) is 66.1 Å². The van der Waals surface area contributed by atoms with Gasteiger partial charge in [0.1, 0.15) is 0 Å². The molecule has 0 aromatic carbocycles. The number of carboxylic acid groups (broad SMARTS) is 4. The molecule has 0 aliphatic carbocycles. The van der Waals surface area contributed by atoms with Crippen molar-refractivity contribution in [3.05, 3.63) is 0 Å². The maximum Gasteiger partial charge on any atom is 3.00 e. The fraction of sp³-hybridized carbons (Fsp3) is 0.750. The Bertz CT molecular complexity index is 453. The smallest absolute Gasteiger partial charge is 0.480 e. The van der Waals surface area contributed by atoms with Gasteiger partial charge in [0.25, 0.3) is 0 Å². The topological polar surface area (TPSA) is 162 Å². The van der Waals surface area contributed by atoms with Crippen LogP contribution in [0.15, 0.2) is 0 Å². The fourth-order valence-electron chi connectivity index (χ4n) is 2.98. The van der Waals surface area contributed by atoms with Gasteiger partial charge in [0.15, 0.2) is 0 Å². The van der Waals surface area contributed by atoms with Gasteiger partial charge in [-0.25, -0.2) is 0 Å². The van der Waals surface area contributed by atoms with E-state index in [0.29, 0.717) is 52.4 Å². The normalized spacial score (nSPS) is 18.8. The summed E-state index contributed by atoms with van der Waals surface area (Å²) in [5, 5.41) is 36.3. The van der Waals surface area contributed by atoms with E-state index >= 15 is 0 Å². The summed E-state index contributed by atoms with van der Waals surface area (Å²) in [6.07, 6.45) is 0. The van der Waals surface area contributed by atoms with Gasteiger partial charge in [0, 0.05) is 52.4 Å². The summed E-state index contributed by atoms with van der Waals surface area (Å²) in [5.41, 5.74) is 0. The molecule has 1 aliphatic rings. The zero-order valence-electron chi connectivity index (χ0n) is 16.0. The van der Waals surface area contributed by atoms with E-state index in [2.05, 4.69) is 0 Å². The third kappa shape index (κ3) is 13.8. The molecule has 1 saturated heterocycles. The number of carbonyl (C=O) groups is 4. The standard InChI is InChI=1S/C16H28N4O8.Gd/c21-13(22)9-17-1-2-18(10-14(23)24)5-6-20(12-16(27)28)8-7-19(4-3-17)11-15(25)26;/h1-12H2,(H,21,22)(H,23,24)(H,25,26)(H,27,28);/q;+3. The average molecular weight is 562 g/mol. The Balaban J connectivity index is 0.00000784. The van der Waals surface area contributed by atoms with Crippen LogP contribution in [0.1, 0.15) is 0 Å². The Hall–Kier alpha value is -0.955. The van der Waals surface area contributed by atoms with Gasteiger partial charge in [-0.3, -0.25) is 38.8 Å². The molecule has 1 radical (unpaired) electrons. The predicted molar refractivity (Wildman–Crippen MR) is 96.3 cm³/mol. The molecule has 0 bridgehead atoms. The van der Waals surface area contributed by atoms with Crippen LogP contribution < -0.4 is 0 Å². The van der Waals surface area contributed by atoms with E-state index in [4.69, 9.17) is 20.4 Å². The summed E-state index contributed by atoms with van der Waals surface area (Å²) < 4.78 is 0. The Morgan fingerprint density at radius 3 is 0.690 bits per heavy atom. The minimum Gasteiger partial charge on any atom is -0.480 e. The quantitative estimate of drug-likeness (QED) is 0.248. The van der Waals surface area contributed by atoms with Crippen LogP contribution in [0.25, 0.3) is 0 Å². The number of nitrogens with zero attached hydrogens (tertiary/aromatic N) is 4. The first-order valence-electron chi connectivity index (χ1n) is 8.92. The average Bonchev–Trinajstić information content (AvgIpc) is 2.55. The first kappa shape index (κ1) is 28.0. The van der Waals surface area contributed by atoms with Crippen LogP contribution in [0.2, 0.25) is 0 Å². The first-order valence-corrected chi connectivity index (χ1v) is 8.92. The molecule has 13 heteroatoms. The second-order valence-electron chi connectivity index (χ2n) is 6.68. The first-order chi connectivity index (χ1) is 13.2. The molecule has 12 nitrogen and oxygen atoms in total. The minimum absolute atomic E-state index is 0. The van der Waals surface area contributed by atoms with E-state index in [1.165, 1.54) is 0 Å². The van der Waals surface area contributed by atoms with Gasteiger partial charge in [-0.05, 0) is 0 Å². The van der Waals surface area contributed by atoms with Gasteiger partial charge in [-0.2, -0.15) is 0 Å². The van der Waals surface area contributed by atoms with Gasteiger partial charge in [0.05, 0.1) is 26.2 Å². The zero-order valence-corrected chi connectivity index (χ0v) is 18.3. The predicted octanol–water partition coefficient (Wildman–Crippen LogP) is -2.45. The van der Waals surface area contributed by atoms with Gasteiger partial charge < -0.3 is 20.4 Å². The largest absolute Gasteiger partial charge is 3.00 e. The Morgan fingerprint density at radius 1 is 0.448 bits per heavy atom. The molecule has 1 heterocycles. The molecular formula is C16H28GdN4O8+3. The number of aliphatic carboxylic acids is 4. The molecular weight excluding hydrogens is 533 g/mol. The van der Waals surface area contributed by atoms with Crippen molar-refractivity contribution in [1.82, 2.24) is 19.6 Å². The van der Waals surface area contributed by atoms with Crippen molar-refractivity contribution in [2.75, 3.05) is 78.5 Å². The summed E-state index contributed by atoms with van der Waals surface area (Å²) in [4.78, 5) is 50.9. The van der Waals surface area contributed by atoms with E-state index in [0.717, 1.165) is 0 Å². The third-order valence-electron chi connectivity index (χ3n) is 4.37. The summed E-state index contributed by atoms with van der Waals surface area (Å²) >= 11 is 0. The zero-order chi connectivity index (χ0) is 21.1. The molecule has 0 unspecified atom stereocenters. The molecule has 0 saturated carbocycles. The van der Waals surface area contributed by atoms with Crippen molar-refractivity contribution in [3.8, 4) is 0 Å². The summed E-state index contributed by atoms with van der Waals surface area (Å²) in [6.45, 7) is 1.52. The van der Waals surface area contributed by atoms with Crippen LogP contribution >= 0.6 is 0 Å². The molecule has 4 N–H and O–H groups in total. The van der Waals surface area contributed by atoms with Crippen LogP contribution in [0.5, 0.6) is 0 Å². The van der Waals surface area contributed by atoms with Crippen LogP contribution in [-0.2, 0) is 19.2 Å². The number of carboxylic acids is 4. The maximum absolute atomic E-state index is 11.1. The molecule has 1 fully saturated rings. The SMILES string of the molecule is O=C(O)CN1CCN(CC(=O)O)CCN(CC(=O)O)CCN(CC(=O)O)CC1.[Gd+3]. The van der Waals surface area contributed by atoms with Crippen LogP contribution in [0, 0.1) is 39.9 Å². The number of rotatable bonds is 8. The molecule has 29 heavy (non-hydrogen) atoms. The summed E-state index contributed by atoms with van der Waals surface area (Å²) in [7, 11) is 0. The summed E-state index contributed by atoms with van der Waals surface area (Å²) in [6, 6.07) is 0. The Labute approximate surface area is 200 Å². The van der Waals surface area contributed by atoms with Crippen LogP contribution in [0.4, 0.5) is 0 Å². The van der Waals surface area contributed by atoms with Gasteiger partial charge in [-0.1, -0.05) is 0 Å². The van der Waals surface area contributed by atoms with E-state index in [9.17, 15) is 19.2 Å². The van der Waals surface area contributed by atoms with E-state index < -0.39 is 23.9 Å². The maximum atomic E-state index is 11.1. The molecule has 0 amide bonds. The van der Waals surface area contributed by atoms with Gasteiger partial charge >= 0.3 is 63.8 Å². The summed E-state index contributed by atoms with van der Waals surface area (Å²) in [5.74, 6) is -4.08. The molecule has 1 rings (SSSR count). The number of hydrogen-bond donors (Lipinski definition) is 4. The molecule has 0 aromatic heterocycles. The molecule has 0 spiro atoms. The van der Waals surface area contributed by atoms with Crippen molar-refractivity contribution in [2.24, 2.45) is 0 Å². The Morgan fingerprint density at radius 2 is 0.586 bits per heavy atom. The van der Waals surface area contributed by atoms with E-state index in [1.807, 2.05) is 0 Å². The number of hydrogen-bond acceptors (Lipinski definition) is 8. The Kier molecular flexibility index (Phi) is 14.4. The van der Waals surface area contributed by atoms with Crippen LogP contribution in [0.3, 0.4) is 0 Å². The van der Waals surface area contributed by atoms with Crippen LogP contribution in [-0.4, -0.2) is 142 Å². The fourth-order valence-corrected chi connectivity index (χ4v) is 2.98. The molecule has 1 aliphatic heterocycles. The minimum atomic E-state index is -1.02. The van der Waals surface area contributed by atoms with Crippen molar-refractivity contribution in [3.63, 3.8) is 0 Å². The molecule has 0 aromatic rings. The van der Waals surface area contributed by atoms with Gasteiger partial charge in [0.2, 0.25) is 0 Å². The van der Waals surface area contributed by atoms with Crippen molar-refractivity contribution < 1.29 is 79.5 Å². The monoisotopic (exact) mass is 562 g/mol. The van der Waals surface area contributed by atoms with Gasteiger partial charge in [-0.15, -0.1) is 0 Å². The van der Waals surface area contributed by atoms with Crippen molar-refractivity contribution in [1.29, 1.82) is 0 Å². The second-order valence-corrected chi connectivity index (χ2v) is 6.68. The van der Waals surface area contributed by atoms with Crippen molar-refractivity contribution >= 4 is 23.9 Å². The van der Waals surface area contributed by atoms with Crippen molar-refractivity contribution in [2.45, 2.75) is 0 Å². The third-order valence-corrected chi connectivity index (χ3v) is 4.37.